The van der Waals surface area contributed by atoms with Crippen LogP contribution in [0.25, 0.3) is 22.0 Å². The predicted molar refractivity (Wildman–Crippen MR) is 135 cm³/mol. The summed E-state index contributed by atoms with van der Waals surface area (Å²) >= 11 is 1.72. The minimum atomic E-state index is -0.0192. The van der Waals surface area contributed by atoms with Crippen LogP contribution in [0.4, 0.5) is 5.69 Å². The number of fused-ring (bicyclic) bond motifs is 1. The van der Waals surface area contributed by atoms with Crippen molar-refractivity contribution in [2.45, 2.75) is 26.8 Å². The number of aliphatic imine (C=N–C) groups is 1. The second-order valence-corrected chi connectivity index (χ2v) is 9.12. The third-order valence-corrected chi connectivity index (χ3v) is 6.57. The molecule has 3 heterocycles. The van der Waals surface area contributed by atoms with Crippen LogP contribution in [0.5, 0.6) is 0 Å². The lowest BCUT2D eigenvalue weighted by Gasteiger charge is -2.16. The summed E-state index contributed by atoms with van der Waals surface area (Å²) in [4.78, 5) is 22.1. The molecule has 1 aliphatic heterocycles. The molecule has 166 valence electrons. The fourth-order valence-electron chi connectivity index (χ4n) is 3.90. The van der Waals surface area contributed by atoms with E-state index in [4.69, 9.17) is 4.74 Å². The van der Waals surface area contributed by atoms with Crippen molar-refractivity contribution in [2.75, 3.05) is 24.7 Å². The van der Waals surface area contributed by atoms with Crippen molar-refractivity contribution in [3.63, 3.8) is 0 Å². The Kier molecular flexibility index (Phi) is 6.37. The van der Waals surface area contributed by atoms with E-state index in [-0.39, 0.29) is 11.6 Å². The predicted octanol–water partition coefficient (Wildman–Crippen LogP) is 4.69. The van der Waals surface area contributed by atoms with Gasteiger partial charge in [-0.15, -0.1) is 11.8 Å². The van der Waals surface area contributed by atoms with Crippen molar-refractivity contribution in [3.05, 3.63) is 70.0 Å². The third-order valence-electron chi connectivity index (χ3n) is 5.58. The first-order chi connectivity index (χ1) is 15.4. The number of thioether (sulfide) groups is 1. The van der Waals surface area contributed by atoms with Gasteiger partial charge in [0.25, 0.3) is 5.56 Å². The lowest BCUT2D eigenvalue weighted by atomic mass is 9.99. The van der Waals surface area contributed by atoms with Crippen LogP contribution in [0.1, 0.15) is 18.2 Å². The molecule has 1 unspecified atom stereocenters. The van der Waals surface area contributed by atoms with Crippen molar-refractivity contribution in [1.29, 1.82) is 0 Å². The molecular weight excluding hydrogens is 420 g/mol. The molecule has 4 rings (SSSR count). The van der Waals surface area contributed by atoms with Gasteiger partial charge in [0.2, 0.25) is 0 Å². The van der Waals surface area contributed by atoms with Gasteiger partial charge in [-0.2, -0.15) is 0 Å². The smallest absolute Gasteiger partial charge is 0.258 e. The van der Waals surface area contributed by atoms with E-state index in [2.05, 4.69) is 22.2 Å². The van der Waals surface area contributed by atoms with Crippen LogP contribution in [-0.2, 0) is 11.8 Å². The van der Waals surface area contributed by atoms with Crippen molar-refractivity contribution in [3.8, 4) is 11.1 Å². The Balaban J connectivity index is 1.68. The first-order valence-electron chi connectivity index (χ1n) is 10.6. The summed E-state index contributed by atoms with van der Waals surface area (Å²) in [5.74, 6) is 1.79. The summed E-state index contributed by atoms with van der Waals surface area (Å²) < 4.78 is 7.26. The van der Waals surface area contributed by atoms with E-state index >= 15 is 0 Å². The summed E-state index contributed by atoms with van der Waals surface area (Å²) in [5.41, 5.74) is 5.33. The first kappa shape index (κ1) is 22.1. The third kappa shape index (κ3) is 4.43. The topological polar surface area (TPSA) is 68.5 Å². The summed E-state index contributed by atoms with van der Waals surface area (Å²) in [6, 6.07) is 10.0. The number of rotatable bonds is 6. The molecule has 0 spiro atoms. The summed E-state index contributed by atoms with van der Waals surface area (Å²) in [5, 5.41) is 5.40. The molecule has 3 aromatic rings. The maximum absolute atomic E-state index is 13.2. The first-order valence-corrected chi connectivity index (χ1v) is 11.6. The van der Waals surface area contributed by atoms with Crippen molar-refractivity contribution < 1.29 is 4.74 Å². The largest absolute Gasteiger partial charge is 0.494 e. The number of aryl methyl sites for hydroxylation is 3. The Labute approximate surface area is 192 Å². The molecule has 1 atom stereocenters. The fourth-order valence-corrected chi connectivity index (χ4v) is 4.75. The number of nitrogens with one attached hydrogen (secondary N) is 1. The average Bonchev–Trinajstić information content (AvgIpc) is 3.31. The van der Waals surface area contributed by atoms with Crippen molar-refractivity contribution in [2.24, 2.45) is 12.0 Å². The van der Waals surface area contributed by atoms with E-state index in [1.807, 2.05) is 63.5 Å². The second kappa shape index (κ2) is 9.20. The number of aromatic nitrogens is 2. The number of benzene rings is 1. The maximum Gasteiger partial charge on any atom is 0.258 e. The highest BCUT2D eigenvalue weighted by atomic mass is 32.2. The molecule has 0 fully saturated rings. The van der Waals surface area contributed by atoms with Crippen LogP contribution >= 0.6 is 11.8 Å². The van der Waals surface area contributed by atoms with E-state index in [1.54, 1.807) is 23.4 Å². The molecule has 1 aliphatic rings. The summed E-state index contributed by atoms with van der Waals surface area (Å²) in [7, 11) is 3.49. The molecule has 0 aliphatic carbocycles. The standard InChI is InChI=1S/C25H28N4O2S/c1-15-6-7-19(28-17(3)11-23(31-5)24-26-8-9-32-24)13-20(15)21-12-18-14-27-16(2)10-22(18)29(4)25(21)30/h6-7,10-14,17,28H,8-9H2,1-5H3/b23-11-. The van der Waals surface area contributed by atoms with Crippen LogP contribution in [-0.4, -0.2) is 40.0 Å². The van der Waals surface area contributed by atoms with E-state index in [0.717, 1.165) is 56.5 Å². The SMILES string of the molecule is CO/C(=C\C(C)Nc1ccc(C)c(-c2cc3cnc(C)cc3n(C)c2=O)c1)C1=NCCS1. The van der Waals surface area contributed by atoms with Gasteiger partial charge in [-0.3, -0.25) is 14.8 Å². The molecule has 0 amide bonds. The number of hydrogen-bond acceptors (Lipinski definition) is 6. The molecule has 0 bridgehead atoms. The maximum atomic E-state index is 13.2. The zero-order valence-electron chi connectivity index (χ0n) is 19.1. The van der Waals surface area contributed by atoms with Gasteiger partial charge in [-0.05, 0) is 62.2 Å². The van der Waals surface area contributed by atoms with Crippen LogP contribution in [0.15, 0.2) is 58.2 Å². The van der Waals surface area contributed by atoms with Gasteiger partial charge >= 0.3 is 0 Å². The van der Waals surface area contributed by atoms with Gasteiger partial charge in [0, 0.05) is 53.9 Å². The molecule has 1 N–H and O–H groups in total. The number of pyridine rings is 2. The highest BCUT2D eigenvalue weighted by molar-refractivity contribution is 8.14. The minimum Gasteiger partial charge on any atom is -0.494 e. The Bertz CT molecular complexity index is 1290. The minimum absolute atomic E-state index is 0.0192. The van der Waals surface area contributed by atoms with Crippen molar-refractivity contribution >= 4 is 33.4 Å². The summed E-state index contributed by atoms with van der Waals surface area (Å²) in [6.45, 7) is 6.86. The van der Waals surface area contributed by atoms with Gasteiger partial charge in [0.05, 0.1) is 12.6 Å². The molecule has 0 saturated heterocycles. The lowest BCUT2D eigenvalue weighted by Crippen LogP contribution is -2.19. The molecular formula is C25H28N4O2S. The van der Waals surface area contributed by atoms with Gasteiger partial charge in [0.15, 0.2) is 0 Å². The van der Waals surface area contributed by atoms with E-state index in [9.17, 15) is 4.79 Å². The number of hydrogen-bond donors (Lipinski definition) is 1. The molecule has 7 heteroatoms. The van der Waals surface area contributed by atoms with Gasteiger partial charge in [-0.25, -0.2) is 0 Å². The highest BCUT2D eigenvalue weighted by Crippen LogP contribution is 2.27. The lowest BCUT2D eigenvalue weighted by molar-refractivity contribution is 0.314. The fraction of sp³-hybridized carbons (Fsp3) is 0.320. The number of anilines is 1. The second-order valence-electron chi connectivity index (χ2n) is 8.04. The molecule has 6 nitrogen and oxygen atoms in total. The Morgan fingerprint density at radius 1 is 1.25 bits per heavy atom. The quantitative estimate of drug-likeness (QED) is 0.554. The zero-order chi connectivity index (χ0) is 22.8. The average molecular weight is 449 g/mol. The van der Waals surface area contributed by atoms with Gasteiger partial charge in [0.1, 0.15) is 10.8 Å². The molecule has 0 radical (unpaired) electrons. The normalized spacial score (nSPS) is 15.0. The van der Waals surface area contributed by atoms with Crippen LogP contribution in [0, 0.1) is 13.8 Å². The highest BCUT2D eigenvalue weighted by Gasteiger charge is 2.16. The Hall–Kier alpha value is -3.06. The Morgan fingerprint density at radius 3 is 2.78 bits per heavy atom. The molecule has 1 aromatic carbocycles. The van der Waals surface area contributed by atoms with E-state index in [0.29, 0.717) is 5.56 Å². The van der Waals surface area contributed by atoms with Gasteiger partial charge < -0.3 is 14.6 Å². The van der Waals surface area contributed by atoms with Crippen LogP contribution < -0.4 is 10.9 Å². The van der Waals surface area contributed by atoms with E-state index < -0.39 is 0 Å². The van der Waals surface area contributed by atoms with Gasteiger partial charge in [-0.1, -0.05) is 6.07 Å². The number of methoxy groups -OCH3 is 1. The van der Waals surface area contributed by atoms with Crippen LogP contribution in [0.3, 0.4) is 0 Å². The molecule has 2 aromatic heterocycles. The molecule has 32 heavy (non-hydrogen) atoms. The monoisotopic (exact) mass is 448 g/mol. The number of nitrogens with zero attached hydrogens (tertiary/aromatic N) is 3. The van der Waals surface area contributed by atoms with Crippen LogP contribution in [0.2, 0.25) is 0 Å². The zero-order valence-corrected chi connectivity index (χ0v) is 19.9. The summed E-state index contributed by atoms with van der Waals surface area (Å²) in [6.07, 6.45) is 3.87. The van der Waals surface area contributed by atoms with E-state index in [1.165, 1.54) is 0 Å². The van der Waals surface area contributed by atoms with Crippen molar-refractivity contribution in [1.82, 2.24) is 9.55 Å². The molecule has 0 saturated carbocycles. The Morgan fingerprint density at radius 2 is 2.06 bits per heavy atom. The number of ether oxygens (including phenoxy) is 1.